The number of rotatable bonds is 3. The van der Waals surface area contributed by atoms with E-state index >= 15 is 0 Å². The summed E-state index contributed by atoms with van der Waals surface area (Å²) in [4.78, 5) is 2.46. The molecular weight excluding hydrogens is 246 g/mol. The summed E-state index contributed by atoms with van der Waals surface area (Å²) < 4.78 is 6.18. The highest BCUT2D eigenvalue weighted by Gasteiger charge is 2.49. The molecule has 0 unspecified atom stereocenters. The second-order valence-electron chi connectivity index (χ2n) is 6.55. The molecule has 0 aliphatic carbocycles. The first-order valence-electron chi connectivity index (χ1n) is 7.24. The van der Waals surface area contributed by atoms with Gasteiger partial charge in [0.2, 0.25) is 0 Å². The van der Waals surface area contributed by atoms with Gasteiger partial charge in [-0.3, -0.25) is 4.90 Å². The average Bonchev–Trinajstić information content (AvgIpc) is 2.32. The van der Waals surface area contributed by atoms with Gasteiger partial charge in [-0.05, 0) is 45.7 Å². The molecule has 2 nitrogen and oxygen atoms in total. The highest BCUT2D eigenvalue weighted by Crippen LogP contribution is 2.40. The number of hydrogen-bond acceptors (Lipinski definition) is 2. The number of benzene rings is 1. The van der Waals surface area contributed by atoms with Crippen molar-refractivity contribution in [1.29, 1.82) is 0 Å². The first-order chi connectivity index (χ1) is 9.39. The summed E-state index contributed by atoms with van der Waals surface area (Å²) in [5.41, 5.74) is 2.60. The molecule has 1 saturated heterocycles. The SMILES string of the molecule is CC#CCOC1(c2ccccc2C)CN(C(C)(C)C)C1. The highest BCUT2D eigenvalue weighted by atomic mass is 16.5. The van der Waals surface area contributed by atoms with E-state index in [2.05, 4.69) is 68.7 Å². The molecule has 20 heavy (non-hydrogen) atoms. The molecule has 1 aromatic carbocycles. The highest BCUT2D eigenvalue weighted by molar-refractivity contribution is 5.35. The second-order valence-corrected chi connectivity index (χ2v) is 6.55. The Bertz CT molecular complexity index is 524. The third kappa shape index (κ3) is 2.90. The van der Waals surface area contributed by atoms with Crippen LogP contribution in [0.3, 0.4) is 0 Å². The lowest BCUT2D eigenvalue weighted by molar-refractivity contribution is -0.167. The van der Waals surface area contributed by atoms with Crippen LogP contribution in [0.1, 0.15) is 38.8 Å². The van der Waals surface area contributed by atoms with Crippen molar-refractivity contribution in [2.75, 3.05) is 19.7 Å². The van der Waals surface area contributed by atoms with Gasteiger partial charge in [0.05, 0.1) is 0 Å². The molecule has 1 heterocycles. The maximum Gasteiger partial charge on any atom is 0.120 e. The van der Waals surface area contributed by atoms with Crippen LogP contribution in [0.5, 0.6) is 0 Å². The zero-order valence-electron chi connectivity index (χ0n) is 13.3. The van der Waals surface area contributed by atoms with Crippen LogP contribution in [0.25, 0.3) is 0 Å². The third-order valence-electron chi connectivity index (χ3n) is 4.07. The van der Waals surface area contributed by atoms with Crippen LogP contribution in [0.15, 0.2) is 24.3 Å². The minimum atomic E-state index is -0.192. The average molecular weight is 271 g/mol. The van der Waals surface area contributed by atoms with Crippen molar-refractivity contribution < 1.29 is 4.74 Å². The van der Waals surface area contributed by atoms with Gasteiger partial charge in [0.15, 0.2) is 0 Å². The van der Waals surface area contributed by atoms with Crippen LogP contribution in [0, 0.1) is 18.8 Å². The van der Waals surface area contributed by atoms with E-state index in [-0.39, 0.29) is 11.1 Å². The van der Waals surface area contributed by atoms with E-state index in [0.717, 1.165) is 13.1 Å². The minimum absolute atomic E-state index is 0.186. The molecule has 1 aliphatic rings. The smallest absolute Gasteiger partial charge is 0.120 e. The third-order valence-corrected chi connectivity index (χ3v) is 4.07. The lowest BCUT2D eigenvalue weighted by atomic mass is 9.80. The van der Waals surface area contributed by atoms with Crippen LogP contribution in [-0.4, -0.2) is 30.1 Å². The lowest BCUT2D eigenvalue weighted by Gasteiger charge is -2.55. The largest absolute Gasteiger partial charge is 0.355 e. The van der Waals surface area contributed by atoms with E-state index in [4.69, 9.17) is 4.74 Å². The molecule has 0 amide bonds. The lowest BCUT2D eigenvalue weighted by Crippen LogP contribution is -2.66. The Hall–Kier alpha value is -1.30. The topological polar surface area (TPSA) is 12.5 Å². The van der Waals surface area contributed by atoms with Crippen LogP contribution in [-0.2, 0) is 10.3 Å². The van der Waals surface area contributed by atoms with Gasteiger partial charge in [0, 0.05) is 18.6 Å². The Morgan fingerprint density at radius 3 is 2.45 bits per heavy atom. The van der Waals surface area contributed by atoms with Crippen molar-refractivity contribution in [3.8, 4) is 11.8 Å². The summed E-state index contributed by atoms with van der Waals surface area (Å²) in [6, 6.07) is 8.53. The monoisotopic (exact) mass is 271 g/mol. The van der Waals surface area contributed by atoms with Gasteiger partial charge in [-0.15, -0.1) is 5.92 Å². The molecule has 0 atom stereocenters. The fourth-order valence-electron chi connectivity index (χ4n) is 2.71. The molecule has 0 saturated carbocycles. The predicted octanol–water partition coefficient (Wildman–Crippen LogP) is 3.34. The number of nitrogens with zero attached hydrogens (tertiary/aromatic N) is 1. The van der Waals surface area contributed by atoms with E-state index in [0.29, 0.717) is 6.61 Å². The zero-order chi connectivity index (χ0) is 14.8. The zero-order valence-corrected chi connectivity index (χ0v) is 13.3. The molecule has 1 aromatic rings. The van der Waals surface area contributed by atoms with E-state index < -0.39 is 0 Å². The molecule has 0 aromatic heterocycles. The van der Waals surface area contributed by atoms with E-state index in [1.54, 1.807) is 0 Å². The van der Waals surface area contributed by atoms with Crippen molar-refractivity contribution in [2.24, 2.45) is 0 Å². The van der Waals surface area contributed by atoms with Gasteiger partial charge in [-0.2, -0.15) is 0 Å². The molecular formula is C18H25NO. The van der Waals surface area contributed by atoms with Gasteiger partial charge in [-0.1, -0.05) is 30.2 Å². The summed E-state index contributed by atoms with van der Waals surface area (Å²) in [6.07, 6.45) is 0. The van der Waals surface area contributed by atoms with Crippen molar-refractivity contribution in [3.63, 3.8) is 0 Å². The van der Waals surface area contributed by atoms with E-state index in [1.165, 1.54) is 11.1 Å². The van der Waals surface area contributed by atoms with Crippen LogP contribution in [0.4, 0.5) is 0 Å². The molecule has 0 N–H and O–H groups in total. The van der Waals surface area contributed by atoms with Gasteiger partial charge in [0.25, 0.3) is 0 Å². The molecule has 0 spiro atoms. The van der Waals surface area contributed by atoms with Gasteiger partial charge in [-0.25, -0.2) is 0 Å². The fraction of sp³-hybridized carbons (Fsp3) is 0.556. The van der Waals surface area contributed by atoms with Crippen LogP contribution in [0.2, 0.25) is 0 Å². The van der Waals surface area contributed by atoms with Gasteiger partial charge < -0.3 is 4.74 Å². The van der Waals surface area contributed by atoms with Crippen LogP contribution < -0.4 is 0 Å². The molecule has 0 radical (unpaired) electrons. The number of aryl methyl sites for hydroxylation is 1. The summed E-state index contributed by atoms with van der Waals surface area (Å²) in [5, 5.41) is 0. The van der Waals surface area contributed by atoms with E-state index in [9.17, 15) is 0 Å². The van der Waals surface area contributed by atoms with Gasteiger partial charge in [0.1, 0.15) is 12.2 Å². The Morgan fingerprint density at radius 2 is 1.90 bits per heavy atom. The number of likely N-dealkylation sites (tertiary alicyclic amines) is 1. The minimum Gasteiger partial charge on any atom is -0.355 e. The predicted molar refractivity (Wildman–Crippen MR) is 83.6 cm³/mol. The normalized spacial score (nSPS) is 18.1. The second kappa shape index (κ2) is 5.60. The van der Waals surface area contributed by atoms with Crippen LogP contribution >= 0.6 is 0 Å². The Labute approximate surface area is 123 Å². The Balaban J connectivity index is 2.23. The van der Waals surface area contributed by atoms with Crippen molar-refractivity contribution in [3.05, 3.63) is 35.4 Å². The quantitative estimate of drug-likeness (QED) is 0.782. The maximum absolute atomic E-state index is 6.18. The molecule has 2 rings (SSSR count). The summed E-state index contributed by atoms with van der Waals surface area (Å²) >= 11 is 0. The van der Waals surface area contributed by atoms with Crippen molar-refractivity contribution in [1.82, 2.24) is 4.90 Å². The number of hydrogen-bond donors (Lipinski definition) is 0. The molecule has 1 aliphatic heterocycles. The van der Waals surface area contributed by atoms with E-state index in [1.807, 2.05) is 6.92 Å². The maximum atomic E-state index is 6.18. The standard InChI is InChI=1S/C18H25NO/c1-6-7-12-20-18(13-19(14-18)17(3,4)5)16-11-9-8-10-15(16)2/h8-11H,12-14H2,1-5H3. The van der Waals surface area contributed by atoms with Gasteiger partial charge >= 0.3 is 0 Å². The summed E-state index contributed by atoms with van der Waals surface area (Å²) in [6.45, 7) is 13.1. The summed E-state index contributed by atoms with van der Waals surface area (Å²) in [7, 11) is 0. The Kier molecular flexibility index (Phi) is 4.22. The molecule has 0 bridgehead atoms. The molecule has 1 fully saturated rings. The first-order valence-corrected chi connectivity index (χ1v) is 7.24. The van der Waals surface area contributed by atoms with Crippen molar-refractivity contribution in [2.45, 2.75) is 45.8 Å². The number of ether oxygens (including phenoxy) is 1. The van der Waals surface area contributed by atoms with Crippen molar-refractivity contribution >= 4 is 0 Å². The first kappa shape index (κ1) is 15.1. The molecule has 108 valence electrons. The molecule has 2 heteroatoms. The summed E-state index contributed by atoms with van der Waals surface area (Å²) in [5.74, 6) is 5.93. The fourth-order valence-corrected chi connectivity index (χ4v) is 2.71. The Morgan fingerprint density at radius 1 is 1.25 bits per heavy atom.